The second-order valence-electron chi connectivity index (χ2n) is 6.09. The van der Waals surface area contributed by atoms with E-state index < -0.39 is 0 Å². The van der Waals surface area contributed by atoms with Crippen molar-refractivity contribution < 1.29 is 5.11 Å². The van der Waals surface area contributed by atoms with Crippen molar-refractivity contribution >= 4 is 0 Å². The number of aryl methyl sites for hydroxylation is 1. The van der Waals surface area contributed by atoms with Crippen LogP contribution in [-0.4, -0.2) is 20.1 Å². The first-order valence-electron chi connectivity index (χ1n) is 7.11. The van der Waals surface area contributed by atoms with Crippen molar-refractivity contribution in [1.82, 2.24) is 15.0 Å². The third-order valence-corrected chi connectivity index (χ3v) is 3.41. The maximum absolute atomic E-state index is 9.43. The molecule has 2 rings (SSSR count). The third kappa shape index (κ3) is 2.90. The van der Waals surface area contributed by atoms with Gasteiger partial charge in [-0.05, 0) is 17.4 Å². The van der Waals surface area contributed by atoms with Gasteiger partial charge < -0.3 is 5.11 Å². The lowest BCUT2D eigenvalue weighted by molar-refractivity contribution is 0.277. The highest BCUT2D eigenvalue weighted by Crippen LogP contribution is 2.27. The third-order valence-electron chi connectivity index (χ3n) is 3.41. The zero-order chi connectivity index (χ0) is 14.8. The molecule has 108 valence electrons. The van der Waals surface area contributed by atoms with Crippen LogP contribution in [0.15, 0.2) is 24.3 Å². The molecule has 0 aliphatic heterocycles. The van der Waals surface area contributed by atoms with Crippen LogP contribution in [0.1, 0.15) is 45.4 Å². The van der Waals surface area contributed by atoms with Crippen LogP contribution in [0.25, 0.3) is 11.3 Å². The summed E-state index contributed by atoms with van der Waals surface area (Å²) < 4.78 is 1.87. The molecule has 0 saturated carbocycles. The molecular weight excluding hydrogens is 250 g/mol. The molecule has 0 aliphatic carbocycles. The van der Waals surface area contributed by atoms with Gasteiger partial charge in [-0.3, -0.25) is 0 Å². The fraction of sp³-hybridized carbons (Fsp3) is 0.500. The van der Waals surface area contributed by atoms with E-state index in [1.807, 2.05) is 4.68 Å². The normalized spacial score (nSPS) is 11.8. The topological polar surface area (TPSA) is 50.9 Å². The van der Waals surface area contributed by atoms with Crippen molar-refractivity contribution in [2.24, 2.45) is 0 Å². The average Bonchev–Trinajstić information content (AvgIpc) is 2.81. The average molecular weight is 273 g/mol. The summed E-state index contributed by atoms with van der Waals surface area (Å²) in [6.45, 7) is 9.42. The fourth-order valence-electron chi connectivity index (χ4n) is 2.27. The summed E-state index contributed by atoms with van der Waals surface area (Å²) in [7, 11) is 0. The maximum atomic E-state index is 9.43. The molecule has 0 amide bonds. The minimum absolute atomic E-state index is 0.0833. The van der Waals surface area contributed by atoms with Crippen molar-refractivity contribution in [3.63, 3.8) is 0 Å². The molecule has 0 atom stereocenters. The molecule has 0 bridgehead atoms. The second kappa shape index (κ2) is 5.75. The summed E-state index contributed by atoms with van der Waals surface area (Å²) in [5.41, 5.74) is 4.05. The van der Waals surface area contributed by atoms with Gasteiger partial charge in [0.25, 0.3) is 0 Å². The molecule has 1 aromatic heterocycles. The summed E-state index contributed by atoms with van der Waals surface area (Å²) in [5.74, 6) is 0. The molecule has 0 spiro atoms. The standard InChI is InChI=1S/C16H23N3O/c1-5-10-19-15(14(11-20)17-18-19)12-6-8-13(9-7-12)16(2,3)4/h6-9,20H,5,10-11H2,1-4H3. The van der Waals surface area contributed by atoms with Gasteiger partial charge in [0, 0.05) is 12.1 Å². The minimum Gasteiger partial charge on any atom is -0.390 e. The SMILES string of the molecule is CCCn1nnc(CO)c1-c1ccc(C(C)(C)C)cc1. The zero-order valence-corrected chi connectivity index (χ0v) is 12.7. The largest absolute Gasteiger partial charge is 0.390 e. The maximum Gasteiger partial charge on any atom is 0.116 e. The first kappa shape index (κ1) is 14.7. The number of nitrogens with zero attached hydrogens (tertiary/aromatic N) is 3. The van der Waals surface area contributed by atoms with Crippen molar-refractivity contribution in [3.05, 3.63) is 35.5 Å². The van der Waals surface area contributed by atoms with Crippen LogP contribution in [0.5, 0.6) is 0 Å². The molecule has 2 aromatic rings. The number of aliphatic hydroxyl groups is 1. The van der Waals surface area contributed by atoms with E-state index in [4.69, 9.17) is 0 Å². The summed E-state index contributed by atoms with van der Waals surface area (Å²) >= 11 is 0. The highest BCUT2D eigenvalue weighted by molar-refractivity contribution is 5.62. The number of rotatable bonds is 4. The first-order valence-corrected chi connectivity index (χ1v) is 7.11. The quantitative estimate of drug-likeness (QED) is 0.931. The molecule has 1 N–H and O–H groups in total. The monoisotopic (exact) mass is 273 g/mol. The van der Waals surface area contributed by atoms with Gasteiger partial charge in [-0.15, -0.1) is 5.10 Å². The minimum atomic E-state index is -0.0833. The molecule has 0 unspecified atom stereocenters. The lowest BCUT2D eigenvalue weighted by atomic mass is 9.86. The molecule has 0 saturated heterocycles. The predicted molar refractivity (Wildman–Crippen MR) is 80.4 cm³/mol. The van der Waals surface area contributed by atoms with E-state index in [0.29, 0.717) is 5.69 Å². The smallest absolute Gasteiger partial charge is 0.116 e. The van der Waals surface area contributed by atoms with Gasteiger partial charge in [-0.25, -0.2) is 4.68 Å². The number of benzene rings is 1. The highest BCUT2D eigenvalue weighted by atomic mass is 16.3. The van der Waals surface area contributed by atoms with Gasteiger partial charge >= 0.3 is 0 Å². The molecule has 4 heteroatoms. The number of hydrogen-bond donors (Lipinski definition) is 1. The Morgan fingerprint density at radius 2 is 1.80 bits per heavy atom. The summed E-state index contributed by atoms with van der Waals surface area (Å²) in [6, 6.07) is 8.45. The van der Waals surface area contributed by atoms with E-state index in [0.717, 1.165) is 24.2 Å². The fourth-order valence-corrected chi connectivity index (χ4v) is 2.27. The molecular formula is C16H23N3O. The van der Waals surface area contributed by atoms with Crippen LogP contribution >= 0.6 is 0 Å². The number of hydrogen-bond acceptors (Lipinski definition) is 3. The van der Waals surface area contributed by atoms with E-state index in [1.54, 1.807) is 0 Å². The Kier molecular flexibility index (Phi) is 4.23. The van der Waals surface area contributed by atoms with Gasteiger partial charge in [-0.1, -0.05) is 57.2 Å². The molecule has 4 nitrogen and oxygen atoms in total. The Morgan fingerprint density at radius 1 is 1.15 bits per heavy atom. The van der Waals surface area contributed by atoms with Crippen molar-refractivity contribution in [2.45, 2.75) is 52.7 Å². The van der Waals surface area contributed by atoms with Gasteiger partial charge in [0.05, 0.1) is 12.3 Å². The van der Waals surface area contributed by atoms with E-state index in [-0.39, 0.29) is 12.0 Å². The lowest BCUT2D eigenvalue weighted by Crippen LogP contribution is -2.10. The van der Waals surface area contributed by atoms with E-state index >= 15 is 0 Å². The first-order chi connectivity index (χ1) is 9.47. The Hall–Kier alpha value is -1.68. The van der Waals surface area contributed by atoms with Crippen LogP contribution < -0.4 is 0 Å². The predicted octanol–water partition coefficient (Wildman–Crippen LogP) is 3.14. The Balaban J connectivity index is 2.43. The number of aliphatic hydroxyl groups excluding tert-OH is 1. The zero-order valence-electron chi connectivity index (χ0n) is 12.7. The summed E-state index contributed by atoms with van der Waals surface area (Å²) in [4.78, 5) is 0. The Bertz CT molecular complexity index is 564. The Labute approximate surface area is 120 Å². The molecule has 0 aliphatic rings. The van der Waals surface area contributed by atoms with Crippen LogP contribution in [0.2, 0.25) is 0 Å². The second-order valence-corrected chi connectivity index (χ2v) is 6.09. The Morgan fingerprint density at radius 3 is 2.30 bits per heavy atom. The number of aromatic nitrogens is 3. The van der Waals surface area contributed by atoms with Crippen LogP contribution in [-0.2, 0) is 18.6 Å². The van der Waals surface area contributed by atoms with Crippen molar-refractivity contribution in [2.75, 3.05) is 0 Å². The van der Waals surface area contributed by atoms with Gasteiger partial charge in [0.15, 0.2) is 0 Å². The van der Waals surface area contributed by atoms with E-state index in [9.17, 15) is 5.11 Å². The molecule has 1 heterocycles. The van der Waals surface area contributed by atoms with Crippen LogP contribution in [0.3, 0.4) is 0 Å². The molecule has 0 radical (unpaired) electrons. The van der Waals surface area contributed by atoms with Gasteiger partial charge in [0.1, 0.15) is 5.69 Å². The lowest BCUT2D eigenvalue weighted by Gasteiger charge is -2.19. The van der Waals surface area contributed by atoms with Crippen LogP contribution in [0, 0.1) is 0 Å². The van der Waals surface area contributed by atoms with Crippen LogP contribution in [0.4, 0.5) is 0 Å². The highest BCUT2D eigenvalue weighted by Gasteiger charge is 2.16. The summed E-state index contributed by atoms with van der Waals surface area (Å²) in [5, 5.41) is 17.6. The molecule has 20 heavy (non-hydrogen) atoms. The van der Waals surface area contributed by atoms with E-state index in [2.05, 4.69) is 62.3 Å². The summed E-state index contributed by atoms with van der Waals surface area (Å²) in [6.07, 6.45) is 0.987. The molecule has 1 aromatic carbocycles. The molecule has 0 fully saturated rings. The van der Waals surface area contributed by atoms with E-state index in [1.165, 1.54) is 5.56 Å². The van der Waals surface area contributed by atoms with Crippen molar-refractivity contribution in [1.29, 1.82) is 0 Å². The van der Waals surface area contributed by atoms with Gasteiger partial charge in [0.2, 0.25) is 0 Å². The van der Waals surface area contributed by atoms with Crippen molar-refractivity contribution in [3.8, 4) is 11.3 Å². The van der Waals surface area contributed by atoms with Gasteiger partial charge in [-0.2, -0.15) is 0 Å².